The molecule has 0 fully saturated rings. The van der Waals surface area contributed by atoms with Gasteiger partial charge >= 0.3 is 0 Å². The normalized spacial score (nSPS) is 16.3. The molecule has 134 valence electrons. The van der Waals surface area contributed by atoms with Gasteiger partial charge in [0.15, 0.2) is 5.82 Å². The second kappa shape index (κ2) is 6.12. The number of aromatic amines is 2. The van der Waals surface area contributed by atoms with Crippen molar-refractivity contribution in [3.8, 4) is 5.82 Å². The molecule has 1 amide bonds. The van der Waals surface area contributed by atoms with Gasteiger partial charge in [0.25, 0.3) is 5.91 Å². The van der Waals surface area contributed by atoms with E-state index in [1.54, 1.807) is 29.7 Å². The smallest absolute Gasteiger partial charge is 0.272 e. The van der Waals surface area contributed by atoms with Crippen LogP contribution in [0.2, 0.25) is 0 Å². The summed E-state index contributed by atoms with van der Waals surface area (Å²) < 4.78 is 1.38. The van der Waals surface area contributed by atoms with Crippen LogP contribution < -0.4 is 0 Å². The second-order valence-electron chi connectivity index (χ2n) is 6.10. The minimum Gasteiger partial charge on any atom is -0.348 e. The minimum absolute atomic E-state index is 0.177. The molecule has 0 saturated carbocycles. The molecule has 1 atom stereocenters. The third-order valence-corrected chi connectivity index (χ3v) is 4.56. The summed E-state index contributed by atoms with van der Waals surface area (Å²) in [5.41, 5.74) is 3.13. The first-order valence-electron chi connectivity index (χ1n) is 8.33. The number of fused-ring (bicyclic) bond motifs is 1. The summed E-state index contributed by atoms with van der Waals surface area (Å²) in [6.07, 6.45) is 7.24. The molecule has 1 unspecified atom stereocenters. The Balaban J connectivity index is 1.52. The predicted octanol–water partition coefficient (Wildman–Crippen LogP) is 0.291. The zero-order chi connectivity index (χ0) is 18.2. The number of carbonyl (C=O) groups excluding carboxylic acids is 1. The van der Waals surface area contributed by atoms with Crippen LogP contribution in [0.4, 0.5) is 0 Å². The number of pyridine rings is 1. The third-order valence-electron chi connectivity index (χ3n) is 4.56. The Hall–Kier alpha value is -3.89. The van der Waals surface area contributed by atoms with E-state index in [1.165, 1.54) is 11.0 Å². The number of nitrogens with one attached hydrogen (secondary N) is 2. The largest absolute Gasteiger partial charge is 0.348 e. The Morgan fingerprint density at radius 3 is 3.11 bits per heavy atom. The van der Waals surface area contributed by atoms with Crippen molar-refractivity contribution in [3.05, 3.63) is 65.9 Å². The minimum atomic E-state index is -0.319. The van der Waals surface area contributed by atoms with Crippen LogP contribution >= 0.6 is 0 Å². The molecule has 0 bridgehead atoms. The van der Waals surface area contributed by atoms with E-state index in [0.29, 0.717) is 24.5 Å². The molecule has 5 rings (SSSR count). The van der Waals surface area contributed by atoms with Gasteiger partial charge in [0.1, 0.15) is 18.1 Å². The van der Waals surface area contributed by atoms with Crippen molar-refractivity contribution in [1.82, 2.24) is 50.3 Å². The highest BCUT2D eigenvalue weighted by molar-refractivity contribution is 5.93. The van der Waals surface area contributed by atoms with Crippen molar-refractivity contribution in [2.75, 3.05) is 6.54 Å². The van der Waals surface area contributed by atoms with E-state index in [1.807, 2.05) is 12.1 Å². The molecule has 11 heteroatoms. The lowest BCUT2D eigenvalue weighted by molar-refractivity contribution is 0.0684. The molecule has 4 aromatic heterocycles. The Kier molecular flexibility index (Phi) is 3.49. The van der Waals surface area contributed by atoms with E-state index in [9.17, 15) is 4.79 Å². The van der Waals surface area contributed by atoms with E-state index < -0.39 is 0 Å². The van der Waals surface area contributed by atoms with Gasteiger partial charge < -0.3 is 9.88 Å². The number of hydrogen-bond acceptors (Lipinski definition) is 7. The van der Waals surface area contributed by atoms with Crippen molar-refractivity contribution in [2.45, 2.75) is 12.5 Å². The van der Waals surface area contributed by atoms with Gasteiger partial charge in [-0.3, -0.25) is 14.9 Å². The molecule has 5 heterocycles. The zero-order valence-electron chi connectivity index (χ0n) is 14.0. The number of H-pyrrole nitrogens is 2. The molecular formula is C16H14N10O. The molecule has 0 aromatic carbocycles. The number of carbonyl (C=O) groups is 1. The highest BCUT2D eigenvalue weighted by atomic mass is 16.2. The molecule has 0 saturated heterocycles. The Bertz CT molecular complexity index is 1070. The van der Waals surface area contributed by atoms with Gasteiger partial charge in [0, 0.05) is 37.1 Å². The van der Waals surface area contributed by atoms with Crippen molar-refractivity contribution < 1.29 is 4.79 Å². The number of aromatic nitrogens is 9. The van der Waals surface area contributed by atoms with Crippen LogP contribution in [0.15, 0.2) is 43.2 Å². The Labute approximate surface area is 152 Å². The molecule has 1 aliphatic heterocycles. The lowest BCUT2D eigenvalue weighted by Gasteiger charge is -2.34. The quantitative estimate of drug-likeness (QED) is 0.535. The Morgan fingerprint density at radius 2 is 2.30 bits per heavy atom. The molecule has 11 nitrogen and oxygen atoms in total. The fraction of sp³-hybridized carbons (Fsp3) is 0.188. The van der Waals surface area contributed by atoms with Gasteiger partial charge in [0.2, 0.25) is 0 Å². The van der Waals surface area contributed by atoms with Gasteiger partial charge in [-0.05, 0) is 22.1 Å². The average Bonchev–Trinajstić information content (AvgIpc) is 3.48. The van der Waals surface area contributed by atoms with Crippen LogP contribution in [-0.4, -0.2) is 62.7 Å². The van der Waals surface area contributed by atoms with E-state index in [-0.39, 0.29) is 11.9 Å². The molecular weight excluding hydrogens is 348 g/mol. The van der Waals surface area contributed by atoms with E-state index in [4.69, 9.17) is 0 Å². The van der Waals surface area contributed by atoms with Crippen LogP contribution in [0.1, 0.15) is 33.5 Å². The topological polar surface area (TPSA) is 134 Å². The summed E-state index contributed by atoms with van der Waals surface area (Å²) in [4.78, 5) is 26.8. The summed E-state index contributed by atoms with van der Waals surface area (Å²) in [7, 11) is 0. The first-order valence-corrected chi connectivity index (χ1v) is 8.33. The van der Waals surface area contributed by atoms with E-state index >= 15 is 0 Å². The third kappa shape index (κ3) is 2.56. The fourth-order valence-electron chi connectivity index (χ4n) is 3.33. The molecule has 0 aliphatic carbocycles. The SMILES string of the molecule is O=C(c1cc(-n2cnnn2)n[nH]1)N1CCc2[nH]cnc2C1c1cccnc1. The van der Waals surface area contributed by atoms with Crippen LogP contribution in [0, 0.1) is 0 Å². The van der Waals surface area contributed by atoms with Crippen molar-refractivity contribution in [2.24, 2.45) is 0 Å². The molecule has 2 N–H and O–H groups in total. The summed E-state index contributed by atoms with van der Waals surface area (Å²) in [6.45, 7) is 0.548. The average molecular weight is 362 g/mol. The molecule has 27 heavy (non-hydrogen) atoms. The number of tetrazole rings is 1. The lowest BCUT2D eigenvalue weighted by atomic mass is 9.96. The van der Waals surface area contributed by atoms with Crippen LogP contribution in [0.25, 0.3) is 5.82 Å². The highest BCUT2D eigenvalue weighted by Crippen LogP contribution is 2.33. The Morgan fingerprint density at radius 1 is 1.33 bits per heavy atom. The molecule has 1 aliphatic rings. The van der Waals surface area contributed by atoms with Gasteiger partial charge in [-0.2, -0.15) is 9.78 Å². The van der Waals surface area contributed by atoms with Crippen molar-refractivity contribution >= 4 is 5.91 Å². The predicted molar refractivity (Wildman–Crippen MR) is 90.7 cm³/mol. The van der Waals surface area contributed by atoms with Crippen molar-refractivity contribution in [1.29, 1.82) is 0 Å². The van der Waals surface area contributed by atoms with E-state index in [0.717, 1.165) is 17.0 Å². The maximum absolute atomic E-state index is 13.2. The summed E-state index contributed by atoms with van der Waals surface area (Å²) in [5, 5.41) is 17.8. The van der Waals surface area contributed by atoms with Crippen molar-refractivity contribution in [3.63, 3.8) is 0 Å². The highest BCUT2D eigenvalue weighted by Gasteiger charge is 2.35. The molecule has 0 spiro atoms. The number of imidazole rings is 1. The molecule has 0 radical (unpaired) electrons. The molecule has 4 aromatic rings. The first kappa shape index (κ1) is 15.4. The zero-order valence-corrected chi connectivity index (χ0v) is 14.0. The van der Waals surface area contributed by atoms with Gasteiger partial charge in [-0.15, -0.1) is 5.10 Å². The maximum atomic E-state index is 13.2. The maximum Gasteiger partial charge on any atom is 0.272 e. The number of amides is 1. The standard InChI is InChI=1S/C16H14N10O/c27-16(12-6-13(22-21-12)26-9-20-23-24-26)25-5-3-11-14(19-8-18-11)15(25)10-2-1-4-17-7-10/h1-2,4,6-9,15H,3,5H2,(H,18,19)(H,21,22). The van der Waals surface area contributed by atoms with Gasteiger partial charge in [-0.1, -0.05) is 6.07 Å². The summed E-state index contributed by atoms with van der Waals surface area (Å²) in [5.74, 6) is 0.267. The summed E-state index contributed by atoms with van der Waals surface area (Å²) in [6, 6.07) is 5.10. The lowest BCUT2D eigenvalue weighted by Crippen LogP contribution is -2.41. The van der Waals surface area contributed by atoms with Gasteiger partial charge in [0.05, 0.1) is 12.0 Å². The first-order chi connectivity index (χ1) is 13.3. The van der Waals surface area contributed by atoms with Crippen LogP contribution in [-0.2, 0) is 6.42 Å². The van der Waals surface area contributed by atoms with Crippen LogP contribution in [0.3, 0.4) is 0 Å². The van der Waals surface area contributed by atoms with E-state index in [2.05, 4.69) is 40.7 Å². The summed E-state index contributed by atoms with van der Waals surface area (Å²) >= 11 is 0. The second-order valence-corrected chi connectivity index (χ2v) is 6.10. The van der Waals surface area contributed by atoms with Gasteiger partial charge in [-0.25, -0.2) is 4.98 Å². The fourth-order valence-corrected chi connectivity index (χ4v) is 3.33. The monoisotopic (exact) mass is 362 g/mol. The number of rotatable bonds is 3. The number of hydrogen-bond donors (Lipinski definition) is 2. The van der Waals surface area contributed by atoms with Crippen LogP contribution in [0.5, 0.6) is 0 Å². The number of nitrogens with zero attached hydrogens (tertiary/aromatic N) is 8.